The number of benzene rings is 1. The highest BCUT2D eigenvalue weighted by atomic mass is 32.2. The summed E-state index contributed by atoms with van der Waals surface area (Å²) in [5.74, 6) is 3.55. The zero-order valence-electron chi connectivity index (χ0n) is 18.6. The van der Waals surface area contributed by atoms with Crippen molar-refractivity contribution in [1.82, 2.24) is 14.8 Å². The summed E-state index contributed by atoms with van der Waals surface area (Å²) < 4.78 is 16.8. The number of carbonyl (C=O) groups excluding carboxylic acids is 1. The maximum Gasteiger partial charge on any atom is 0.192 e. The van der Waals surface area contributed by atoms with Gasteiger partial charge in [-0.3, -0.25) is 9.36 Å². The summed E-state index contributed by atoms with van der Waals surface area (Å²) in [7, 11) is 0. The average Bonchev–Trinajstić information content (AvgIpc) is 3.21. The molecule has 0 unspecified atom stereocenters. The molecule has 0 atom stereocenters. The summed E-state index contributed by atoms with van der Waals surface area (Å²) in [5.41, 5.74) is 0.427. The Hall–Kier alpha value is -1.69. The van der Waals surface area contributed by atoms with Gasteiger partial charge in [0.15, 0.2) is 11.0 Å². The number of hydrogen-bond donors (Lipinski definition) is 0. The highest BCUT2D eigenvalue weighted by molar-refractivity contribution is 7.99. The Bertz CT molecular complexity index is 977. The first-order chi connectivity index (χ1) is 15.6. The number of aromatic nitrogens is 3. The van der Waals surface area contributed by atoms with Crippen LogP contribution in [0.4, 0.5) is 4.39 Å². The fraction of sp³-hybridized carbons (Fsp3) is 0.654. The minimum atomic E-state index is -0.266. The van der Waals surface area contributed by atoms with Crippen molar-refractivity contribution in [3.05, 3.63) is 30.1 Å². The lowest BCUT2D eigenvalue weighted by Gasteiger charge is -2.56. The molecule has 5 saturated carbocycles. The van der Waals surface area contributed by atoms with Gasteiger partial charge in [-0.2, -0.15) is 0 Å². The van der Waals surface area contributed by atoms with E-state index in [1.165, 1.54) is 56.4 Å². The maximum atomic E-state index is 14.6. The summed E-state index contributed by atoms with van der Waals surface area (Å²) in [5, 5.41) is 9.70. The molecule has 0 radical (unpaired) electrons. The Balaban J connectivity index is 1.26. The van der Waals surface area contributed by atoms with E-state index in [9.17, 15) is 9.18 Å². The molecule has 0 N–H and O–H groups in total. The van der Waals surface area contributed by atoms with Crippen molar-refractivity contribution >= 4 is 17.5 Å². The summed E-state index contributed by atoms with van der Waals surface area (Å²) in [6.07, 6.45) is 13.1. The molecule has 7 rings (SSSR count). The zero-order chi connectivity index (χ0) is 21.7. The minimum absolute atomic E-state index is 0.0776. The van der Waals surface area contributed by atoms with Gasteiger partial charge in [0.1, 0.15) is 11.6 Å². The number of Topliss-reactive ketones (excluding diaryl/α,β-unsaturated/α-hetero) is 1. The Morgan fingerprint density at radius 2 is 1.66 bits per heavy atom. The minimum Gasteiger partial charge on any atom is -0.299 e. The van der Waals surface area contributed by atoms with E-state index in [1.807, 2.05) is 6.07 Å². The fourth-order valence-electron chi connectivity index (χ4n) is 7.61. The second-order valence-electron chi connectivity index (χ2n) is 10.9. The second-order valence-corrected chi connectivity index (χ2v) is 11.8. The predicted molar refractivity (Wildman–Crippen MR) is 124 cm³/mol. The van der Waals surface area contributed by atoms with Crippen molar-refractivity contribution in [3.63, 3.8) is 0 Å². The molecule has 5 fully saturated rings. The summed E-state index contributed by atoms with van der Waals surface area (Å²) in [4.78, 5) is 13.6. The zero-order valence-corrected chi connectivity index (χ0v) is 19.5. The van der Waals surface area contributed by atoms with E-state index in [4.69, 9.17) is 0 Å². The number of ketones is 1. The van der Waals surface area contributed by atoms with Crippen LogP contribution in [0.2, 0.25) is 0 Å². The van der Waals surface area contributed by atoms with E-state index in [0.29, 0.717) is 22.9 Å². The van der Waals surface area contributed by atoms with Gasteiger partial charge >= 0.3 is 0 Å². The van der Waals surface area contributed by atoms with Crippen molar-refractivity contribution < 1.29 is 9.18 Å². The third-order valence-electron chi connectivity index (χ3n) is 8.68. The molecular formula is C26H32FN3OS. The van der Waals surface area contributed by atoms with Crippen molar-refractivity contribution in [1.29, 1.82) is 0 Å². The Kier molecular flexibility index (Phi) is 5.39. The van der Waals surface area contributed by atoms with E-state index in [1.54, 1.807) is 12.1 Å². The van der Waals surface area contributed by atoms with Crippen LogP contribution in [0.1, 0.15) is 76.7 Å². The molecule has 5 aliphatic rings. The molecule has 4 bridgehead atoms. The molecule has 0 aliphatic heterocycles. The average molecular weight is 454 g/mol. The fourth-order valence-corrected chi connectivity index (χ4v) is 8.64. The highest BCUT2D eigenvalue weighted by Crippen LogP contribution is 2.60. The maximum absolute atomic E-state index is 14.6. The Morgan fingerprint density at radius 1 is 1.00 bits per heavy atom. The van der Waals surface area contributed by atoms with Crippen molar-refractivity contribution in [3.8, 4) is 11.4 Å². The summed E-state index contributed by atoms with van der Waals surface area (Å²) in [6.45, 7) is 0. The summed E-state index contributed by atoms with van der Waals surface area (Å²) >= 11 is 1.54. The molecule has 6 heteroatoms. The smallest absolute Gasteiger partial charge is 0.192 e. The Labute approximate surface area is 193 Å². The molecule has 1 aromatic heterocycles. The predicted octanol–water partition coefficient (Wildman–Crippen LogP) is 6.47. The van der Waals surface area contributed by atoms with Gasteiger partial charge in [0.25, 0.3) is 0 Å². The van der Waals surface area contributed by atoms with Crippen LogP contribution < -0.4 is 0 Å². The number of hydrogen-bond acceptors (Lipinski definition) is 4. The lowest BCUT2D eigenvalue weighted by atomic mass is 9.48. The highest BCUT2D eigenvalue weighted by Gasteiger charge is 2.54. The van der Waals surface area contributed by atoms with Crippen LogP contribution in [0, 0.1) is 29.0 Å². The number of rotatable bonds is 6. The third-order valence-corrected chi connectivity index (χ3v) is 9.62. The van der Waals surface area contributed by atoms with Gasteiger partial charge < -0.3 is 0 Å². The van der Waals surface area contributed by atoms with E-state index < -0.39 is 0 Å². The number of carbonyl (C=O) groups is 1. The van der Waals surface area contributed by atoms with Gasteiger partial charge in [-0.05, 0) is 81.3 Å². The van der Waals surface area contributed by atoms with E-state index in [0.717, 1.165) is 55.0 Å². The lowest BCUT2D eigenvalue weighted by molar-refractivity contribution is -0.141. The molecule has 0 spiro atoms. The molecule has 0 amide bonds. The first kappa shape index (κ1) is 20.9. The SMILES string of the molecule is O=C(CSc1nnc(-c2ccccc2F)n1C1CCCCC1)C12CC3CC(CC(C3)C1)C2. The Morgan fingerprint density at radius 3 is 2.31 bits per heavy atom. The van der Waals surface area contributed by atoms with Gasteiger partial charge in [0.05, 0.1) is 11.3 Å². The molecule has 1 aromatic carbocycles. The molecule has 5 aliphatic carbocycles. The molecule has 2 aromatic rings. The number of thioether (sulfide) groups is 1. The third kappa shape index (κ3) is 3.63. The van der Waals surface area contributed by atoms with Gasteiger partial charge in [-0.25, -0.2) is 4.39 Å². The number of halogens is 1. The lowest BCUT2D eigenvalue weighted by Crippen LogP contribution is -2.50. The largest absolute Gasteiger partial charge is 0.299 e. The van der Waals surface area contributed by atoms with Crippen molar-refractivity contribution in [2.24, 2.45) is 23.2 Å². The van der Waals surface area contributed by atoms with Crippen LogP contribution in [0.3, 0.4) is 0 Å². The molecule has 4 nitrogen and oxygen atoms in total. The quantitative estimate of drug-likeness (QED) is 0.471. The van der Waals surface area contributed by atoms with E-state index in [2.05, 4.69) is 14.8 Å². The molecule has 32 heavy (non-hydrogen) atoms. The molecule has 170 valence electrons. The van der Waals surface area contributed by atoms with Gasteiger partial charge in [-0.1, -0.05) is 43.2 Å². The van der Waals surface area contributed by atoms with Gasteiger partial charge in [-0.15, -0.1) is 10.2 Å². The van der Waals surface area contributed by atoms with Crippen LogP contribution in [0.15, 0.2) is 29.4 Å². The van der Waals surface area contributed by atoms with Crippen LogP contribution in [-0.4, -0.2) is 26.3 Å². The normalized spacial score (nSPS) is 31.8. The number of nitrogens with zero attached hydrogens (tertiary/aromatic N) is 3. The standard InChI is InChI=1S/C26H32FN3OS/c27-22-9-5-4-8-21(22)24-28-29-25(30(24)20-6-2-1-3-7-20)32-16-23(31)26-13-17-10-18(14-26)12-19(11-17)15-26/h4-5,8-9,17-20H,1-3,6-7,10-16H2. The van der Waals surface area contributed by atoms with E-state index in [-0.39, 0.29) is 17.3 Å². The first-order valence-electron chi connectivity index (χ1n) is 12.5. The molecule has 1 heterocycles. The molecular weight excluding hydrogens is 421 g/mol. The van der Waals surface area contributed by atoms with Crippen LogP contribution in [0.25, 0.3) is 11.4 Å². The van der Waals surface area contributed by atoms with Crippen molar-refractivity contribution in [2.75, 3.05) is 5.75 Å². The van der Waals surface area contributed by atoms with Gasteiger partial charge in [0.2, 0.25) is 0 Å². The van der Waals surface area contributed by atoms with Crippen LogP contribution in [-0.2, 0) is 4.79 Å². The van der Waals surface area contributed by atoms with Crippen LogP contribution in [0.5, 0.6) is 0 Å². The van der Waals surface area contributed by atoms with Gasteiger partial charge in [0, 0.05) is 11.5 Å². The second kappa shape index (κ2) is 8.27. The van der Waals surface area contributed by atoms with Crippen molar-refractivity contribution in [2.45, 2.75) is 81.8 Å². The first-order valence-corrected chi connectivity index (χ1v) is 13.5. The summed E-state index contributed by atoms with van der Waals surface area (Å²) in [6, 6.07) is 7.11. The van der Waals surface area contributed by atoms with Crippen LogP contribution >= 0.6 is 11.8 Å². The topological polar surface area (TPSA) is 47.8 Å². The molecule has 0 saturated heterocycles. The van der Waals surface area contributed by atoms with E-state index >= 15 is 0 Å². The monoisotopic (exact) mass is 453 g/mol.